The van der Waals surface area contributed by atoms with Gasteiger partial charge in [0.15, 0.2) is 0 Å². The Hall–Kier alpha value is -1.58. The molecule has 2 aromatic heterocycles. The van der Waals surface area contributed by atoms with Crippen LogP contribution in [0.15, 0.2) is 12.5 Å². The summed E-state index contributed by atoms with van der Waals surface area (Å²) in [7, 11) is 0. The van der Waals surface area contributed by atoms with Crippen LogP contribution in [0.5, 0.6) is 0 Å². The smallest absolute Gasteiger partial charge is 0.109 e. The Balaban J connectivity index is 2.48. The van der Waals surface area contributed by atoms with Gasteiger partial charge in [0.2, 0.25) is 0 Å². The molecule has 0 aromatic carbocycles. The Labute approximate surface area is 82.8 Å². The minimum Gasteiger partial charge on any atom is -0.348 e. The number of hydrogen-bond acceptors (Lipinski definition) is 2. The molecule has 2 N–H and O–H groups in total. The number of H-pyrrole nitrogens is 2. The number of hydrogen-bond donors (Lipinski definition) is 2. The van der Waals surface area contributed by atoms with Crippen molar-refractivity contribution >= 4 is 0 Å². The number of nitrogens with one attached hydrogen (secondary N) is 2. The normalized spacial score (nSPS) is 10.7. The maximum absolute atomic E-state index is 4.31. The molecule has 74 valence electrons. The predicted molar refractivity (Wildman–Crippen MR) is 54.9 cm³/mol. The van der Waals surface area contributed by atoms with Crippen molar-refractivity contribution in [1.82, 2.24) is 20.2 Å². The zero-order valence-corrected chi connectivity index (χ0v) is 8.46. The topological polar surface area (TPSA) is 57.4 Å². The summed E-state index contributed by atoms with van der Waals surface area (Å²) in [5.74, 6) is 0. The Bertz CT molecular complexity index is 373. The van der Waals surface area contributed by atoms with Gasteiger partial charge in [-0.3, -0.25) is 5.10 Å². The first-order chi connectivity index (χ1) is 6.86. The molecule has 0 unspecified atom stereocenters. The molecule has 4 heteroatoms. The van der Waals surface area contributed by atoms with Crippen LogP contribution in [-0.4, -0.2) is 20.2 Å². The quantitative estimate of drug-likeness (QED) is 0.776. The molecule has 0 aliphatic rings. The van der Waals surface area contributed by atoms with E-state index in [2.05, 4.69) is 34.0 Å². The van der Waals surface area contributed by atoms with Gasteiger partial charge in [-0.25, -0.2) is 4.98 Å². The fraction of sp³-hybridized carbons (Fsp3) is 0.400. The molecular formula is C10H14N4. The fourth-order valence-electron chi connectivity index (χ4n) is 1.59. The minimum absolute atomic E-state index is 0.956. The largest absolute Gasteiger partial charge is 0.348 e. The van der Waals surface area contributed by atoms with Crippen LogP contribution in [0.2, 0.25) is 0 Å². The lowest BCUT2D eigenvalue weighted by molar-refractivity contribution is 1.05. The van der Waals surface area contributed by atoms with Crippen LogP contribution in [0.3, 0.4) is 0 Å². The van der Waals surface area contributed by atoms with Gasteiger partial charge in [0.1, 0.15) is 5.69 Å². The second-order valence-electron chi connectivity index (χ2n) is 3.21. The molecule has 2 heterocycles. The highest BCUT2D eigenvalue weighted by molar-refractivity contribution is 5.60. The molecule has 0 aliphatic heterocycles. The summed E-state index contributed by atoms with van der Waals surface area (Å²) in [6.07, 6.45) is 5.53. The lowest BCUT2D eigenvalue weighted by Gasteiger charge is -1.99. The van der Waals surface area contributed by atoms with Crippen LogP contribution in [-0.2, 0) is 12.8 Å². The SMILES string of the molecule is CCc1cn[nH]c1-c1nc[nH]c1CC. The fourth-order valence-corrected chi connectivity index (χ4v) is 1.59. The first kappa shape index (κ1) is 8.99. The maximum atomic E-state index is 4.31. The third kappa shape index (κ3) is 1.32. The molecule has 0 radical (unpaired) electrons. The molecule has 0 spiro atoms. The van der Waals surface area contributed by atoms with Gasteiger partial charge >= 0.3 is 0 Å². The third-order valence-corrected chi connectivity index (χ3v) is 2.41. The van der Waals surface area contributed by atoms with Gasteiger partial charge in [-0.2, -0.15) is 5.10 Å². The molecule has 0 aliphatic carbocycles. The van der Waals surface area contributed by atoms with Crippen LogP contribution < -0.4 is 0 Å². The van der Waals surface area contributed by atoms with Crippen molar-refractivity contribution in [3.05, 3.63) is 23.8 Å². The average molecular weight is 190 g/mol. The van der Waals surface area contributed by atoms with Gasteiger partial charge in [0.25, 0.3) is 0 Å². The molecule has 0 amide bonds. The van der Waals surface area contributed by atoms with E-state index in [1.807, 2.05) is 6.20 Å². The van der Waals surface area contributed by atoms with E-state index < -0.39 is 0 Å². The van der Waals surface area contributed by atoms with Crippen LogP contribution in [0.4, 0.5) is 0 Å². The van der Waals surface area contributed by atoms with E-state index in [-0.39, 0.29) is 0 Å². The highest BCUT2D eigenvalue weighted by Gasteiger charge is 2.11. The second kappa shape index (κ2) is 3.65. The third-order valence-electron chi connectivity index (χ3n) is 2.41. The van der Waals surface area contributed by atoms with Gasteiger partial charge in [-0.05, 0) is 18.4 Å². The molecule has 4 nitrogen and oxygen atoms in total. The summed E-state index contributed by atoms with van der Waals surface area (Å²) in [6, 6.07) is 0. The van der Waals surface area contributed by atoms with Crippen molar-refractivity contribution in [2.24, 2.45) is 0 Å². The van der Waals surface area contributed by atoms with Crippen molar-refractivity contribution in [3.63, 3.8) is 0 Å². The van der Waals surface area contributed by atoms with E-state index >= 15 is 0 Å². The second-order valence-corrected chi connectivity index (χ2v) is 3.21. The maximum Gasteiger partial charge on any atom is 0.109 e. The number of nitrogens with zero attached hydrogens (tertiary/aromatic N) is 2. The Morgan fingerprint density at radius 3 is 2.86 bits per heavy atom. The Kier molecular flexibility index (Phi) is 2.35. The van der Waals surface area contributed by atoms with Crippen LogP contribution in [0.1, 0.15) is 25.1 Å². The summed E-state index contributed by atoms with van der Waals surface area (Å²) < 4.78 is 0. The van der Waals surface area contributed by atoms with Gasteiger partial charge in [0, 0.05) is 5.69 Å². The number of aromatic amines is 2. The summed E-state index contributed by atoms with van der Waals surface area (Å²) in [5, 5.41) is 7.05. The number of aromatic nitrogens is 4. The highest BCUT2D eigenvalue weighted by atomic mass is 15.1. The van der Waals surface area contributed by atoms with Crippen LogP contribution >= 0.6 is 0 Å². The standard InChI is InChI=1S/C10H14N4/c1-3-7-5-13-14-9(7)10-8(4-2)11-6-12-10/h5-6H,3-4H2,1-2H3,(H,11,12)(H,13,14). The van der Waals surface area contributed by atoms with Crippen molar-refractivity contribution in [2.45, 2.75) is 26.7 Å². The van der Waals surface area contributed by atoms with Crippen molar-refractivity contribution < 1.29 is 0 Å². The van der Waals surface area contributed by atoms with Gasteiger partial charge < -0.3 is 4.98 Å². The molecular weight excluding hydrogens is 176 g/mol. The predicted octanol–water partition coefficient (Wildman–Crippen LogP) is 1.92. The Morgan fingerprint density at radius 2 is 2.14 bits per heavy atom. The zero-order chi connectivity index (χ0) is 9.97. The van der Waals surface area contributed by atoms with E-state index in [0.29, 0.717) is 0 Å². The monoisotopic (exact) mass is 190 g/mol. The molecule has 14 heavy (non-hydrogen) atoms. The first-order valence-corrected chi connectivity index (χ1v) is 4.91. The van der Waals surface area contributed by atoms with E-state index in [1.54, 1.807) is 6.33 Å². The first-order valence-electron chi connectivity index (χ1n) is 4.91. The van der Waals surface area contributed by atoms with E-state index in [9.17, 15) is 0 Å². The average Bonchev–Trinajstić information content (AvgIpc) is 2.85. The van der Waals surface area contributed by atoms with Crippen molar-refractivity contribution in [3.8, 4) is 11.4 Å². The Morgan fingerprint density at radius 1 is 1.29 bits per heavy atom. The molecule has 0 atom stereocenters. The zero-order valence-electron chi connectivity index (χ0n) is 8.46. The molecule has 2 aromatic rings. The number of rotatable bonds is 3. The summed E-state index contributed by atoms with van der Waals surface area (Å²) in [4.78, 5) is 7.45. The van der Waals surface area contributed by atoms with Crippen LogP contribution in [0.25, 0.3) is 11.4 Å². The lowest BCUT2D eigenvalue weighted by atomic mass is 10.1. The van der Waals surface area contributed by atoms with E-state index in [4.69, 9.17) is 0 Å². The summed E-state index contributed by atoms with van der Waals surface area (Å²) in [6.45, 7) is 4.23. The van der Waals surface area contributed by atoms with Crippen LogP contribution in [0, 0.1) is 0 Å². The molecule has 0 bridgehead atoms. The molecule has 2 rings (SSSR count). The highest BCUT2D eigenvalue weighted by Crippen LogP contribution is 2.22. The van der Waals surface area contributed by atoms with Gasteiger partial charge in [-0.1, -0.05) is 13.8 Å². The number of imidazole rings is 1. The molecule has 0 saturated heterocycles. The summed E-state index contributed by atoms with van der Waals surface area (Å²) in [5.41, 5.74) is 4.42. The van der Waals surface area contributed by atoms with Crippen molar-refractivity contribution in [2.75, 3.05) is 0 Å². The van der Waals surface area contributed by atoms with E-state index in [0.717, 1.165) is 29.9 Å². The molecule has 0 fully saturated rings. The van der Waals surface area contributed by atoms with E-state index in [1.165, 1.54) is 5.56 Å². The summed E-state index contributed by atoms with van der Waals surface area (Å²) >= 11 is 0. The van der Waals surface area contributed by atoms with Crippen molar-refractivity contribution in [1.29, 1.82) is 0 Å². The van der Waals surface area contributed by atoms with Gasteiger partial charge in [0.05, 0.1) is 18.2 Å². The lowest BCUT2D eigenvalue weighted by Crippen LogP contribution is -1.90. The van der Waals surface area contributed by atoms with Gasteiger partial charge in [-0.15, -0.1) is 0 Å². The minimum atomic E-state index is 0.956. The molecule has 0 saturated carbocycles. The number of aryl methyl sites for hydroxylation is 2.